The molecule has 0 spiro atoms. The first-order chi connectivity index (χ1) is 9.02. The van der Waals surface area contributed by atoms with Gasteiger partial charge in [0.25, 0.3) is 0 Å². The number of hydrogen-bond donors (Lipinski definition) is 1. The summed E-state index contributed by atoms with van der Waals surface area (Å²) in [6.07, 6.45) is 0. The number of halogens is 2. The average Bonchev–Trinajstić information content (AvgIpc) is 2.67. The molecule has 0 aliphatic carbocycles. The molecule has 2 aromatic rings. The van der Waals surface area contributed by atoms with Gasteiger partial charge in [-0.25, -0.2) is 8.78 Å². The Balaban J connectivity index is 2.19. The Kier molecular flexibility index (Phi) is 3.52. The van der Waals surface area contributed by atoms with Gasteiger partial charge in [0, 0.05) is 19.3 Å². The summed E-state index contributed by atoms with van der Waals surface area (Å²) in [6, 6.07) is 7.07. The lowest BCUT2D eigenvalue weighted by molar-refractivity contribution is 0.602. The number of anilines is 1. The van der Waals surface area contributed by atoms with Gasteiger partial charge in [-0.3, -0.25) is 0 Å². The van der Waals surface area contributed by atoms with Crippen LogP contribution < -0.4 is 5.32 Å². The van der Waals surface area contributed by atoms with Crippen molar-refractivity contribution in [3.8, 4) is 6.07 Å². The standard InChI is InChI=1S/C14H13F2N3/c1-9-10(5-12(7-17)19(9)2)8-18-14-6-11(15)3-4-13(14)16/h3-6,18H,8H2,1-2H3. The second-order valence-electron chi connectivity index (χ2n) is 4.29. The van der Waals surface area contributed by atoms with Crippen LogP contribution in [-0.2, 0) is 13.6 Å². The van der Waals surface area contributed by atoms with Crippen LogP contribution in [-0.4, -0.2) is 4.57 Å². The first-order valence-electron chi connectivity index (χ1n) is 5.77. The van der Waals surface area contributed by atoms with Crippen molar-refractivity contribution in [1.29, 1.82) is 5.26 Å². The molecule has 0 saturated carbocycles. The van der Waals surface area contributed by atoms with E-state index in [4.69, 9.17) is 5.26 Å². The van der Waals surface area contributed by atoms with E-state index in [1.807, 2.05) is 6.92 Å². The number of nitrogens with one attached hydrogen (secondary N) is 1. The highest BCUT2D eigenvalue weighted by Gasteiger charge is 2.09. The molecule has 0 aliphatic heterocycles. The van der Waals surface area contributed by atoms with Crippen molar-refractivity contribution < 1.29 is 8.78 Å². The largest absolute Gasteiger partial charge is 0.378 e. The van der Waals surface area contributed by atoms with E-state index in [-0.39, 0.29) is 5.69 Å². The molecule has 5 heteroatoms. The number of nitrogens with zero attached hydrogens (tertiary/aromatic N) is 2. The summed E-state index contributed by atoms with van der Waals surface area (Å²) >= 11 is 0. The predicted molar refractivity (Wildman–Crippen MR) is 68.5 cm³/mol. The van der Waals surface area contributed by atoms with E-state index in [0.717, 1.165) is 29.5 Å². The fourth-order valence-electron chi connectivity index (χ4n) is 1.87. The zero-order valence-corrected chi connectivity index (χ0v) is 10.7. The van der Waals surface area contributed by atoms with Gasteiger partial charge in [0.2, 0.25) is 0 Å². The van der Waals surface area contributed by atoms with E-state index in [2.05, 4.69) is 11.4 Å². The second-order valence-corrected chi connectivity index (χ2v) is 4.29. The smallest absolute Gasteiger partial charge is 0.146 e. The molecule has 1 aromatic carbocycles. The van der Waals surface area contributed by atoms with Crippen molar-refractivity contribution in [3.63, 3.8) is 0 Å². The van der Waals surface area contributed by atoms with Crippen LogP contribution in [0.1, 0.15) is 17.0 Å². The number of hydrogen-bond acceptors (Lipinski definition) is 2. The van der Waals surface area contributed by atoms with Crippen LogP contribution in [0, 0.1) is 29.9 Å². The molecule has 1 heterocycles. The Morgan fingerprint density at radius 1 is 1.32 bits per heavy atom. The van der Waals surface area contributed by atoms with E-state index in [0.29, 0.717) is 12.2 Å². The molecule has 1 N–H and O–H groups in total. The van der Waals surface area contributed by atoms with Crippen LogP contribution in [0.4, 0.5) is 14.5 Å². The van der Waals surface area contributed by atoms with Crippen molar-refractivity contribution in [1.82, 2.24) is 4.57 Å². The van der Waals surface area contributed by atoms with E-state index >= 15 is 0 Å². The van der Waals surface area contributed by atoms with Crippen LogP contribution in [0.15, 0.2) is 24.3 Å². The summed E-state index contributed by atoms with van der Waals surface area (Å²) in [7, 11) is 1.79. The predicted octanol–water partition coefficient (Wildman–Crippen LogP) is 3.10. The molecular weight excluding hydrogens is 248 g/mol. The van der Waals surface area contributed by atoms with E-state index in [1.54, 1.807) is 17.7 Å². The maximum atomic E-state index is 13.4. The molecular formula is C14H13F2N3. The van der Waals surface area contributed by atoms with Gasteiger partial charge in [0.05, 0.1) is 5.69 Å². The third-order valence-electron chi connectivity index (χ3n) is 3.15. The van der Waals surface area contributed by atoms with Gasteiger partial charge in [0.1, 0.15) is 23.4 Å². The van der Waals surface area contributed by atoms with Crippen molar-refractivity contribution in [2.24, 2.45) is 7.05 Å². The van der Waals surface area contributed by atoms with Crippen molar-refractivity contribution in [2.75, 3.05) is 5.32 Å². The lowest BCUT2D eigenvalue weighted by Gasteiger charge is -2.08. The molecule has 0 unspecified atom stereocenters. The monoisotopic (exact) mass is 261 g/mol. The highest BCUT2D eigenvalue weighted by atomic mass is 19.1. The van der Waals surface area contributed by atoms with Gasteiger partial charge in [-0.2, -0.15) is 5.26 Å². The molecule has 2 rings (SSSR count). The molecule has 1 aromatic heterocycles. The Bertz CT molecular complexity index is 653. The van der Waals surface area contributed by atoms with Gasteiger partial charge in [-0.15, -0.1) is 0 Å². The van der Waals surface area contributed by atoms with Crippen molar-refractivity contribution in [2.45, 2.75) is 13.5 Å². The SMILES string of the molecule is Cc1c(CNc2cc(F)ccc2F)cc(C#N)n1C. The maximum Gasteiger partial charge on any atom is 0.146 e. The van der Waals surface area contributed by atoms with Gasteiger partial charge in [0.15, 0.2) is 0 Å². The number of benzene rings is 1. The highest BCUT2D eigenvalue weighted by molar-refractivity contribution is 5.46. The summed E-state index contributed by atoms with van der Waals surface area (Å²) in [5, 5.41) is 11.8. The quantitative estimate of drug-likeness (QED) is 0.922. The first kappa shape index (κ1) is 13.1. The Hall–Kier alpha value is -2.35. The minimum atomic E-state index is -0.504. The van der Waals surface area contributed by atoms with Crippen LogP contribution in [0.3, 0.4) is 0 Å². The number of nitriles is 1. The third kappa shape index (κ3) is 2.58. The van der Waals surface area contributed by atoms with Gasteiger partial charge >= 0.3 is 0 Å². The number of aromatic nitrogens is 1. The molecule has 0 saturated heterocycles. The molecule has 0 atom stereocenters. The first-order valence-corrected chi connectivity index (χ1v) is 5.77. The molecule has 19 heavy (non-hydrogen) atoms. The Labute approximate surface area is 110 Å². The van der Waals surface area contributed by atoms with Crippen LogP contribution >= 0.6 is 0 Å². The lowest BCUT2D eigenvalue weighted by atomic mass is 10.2. The molecule has 0 radical (unpaired) electrons. The minimum Gasteiger partial charge on any atom is -0.378 e. The zero-order chi connectivity index (χ0) is 14.0. The molecule has 0 amide bonds. The normalized spacial score (nSPS) is 10.3. The number of rotatable bonds is 3. The lowest BCUT2D eigenvalue weighted by Crippen LogP contribution is -2.03. The Morgan fingerprint density at radius 3 is 2.68 bits per heavy atom. The topological polar surface area (TPSA) is 40.8 Å². The molecule has 0 aliphatic rings. The maximum absolute atomic E-state index is 13.4. The average molecular weight is 261 g/mol. The summed E-state index contributed by atoms with van der Waals surface area (Å²) < 4.78 is 28.2. The summed E-state index contributed by atoms with van der Waals surface area (Å²) in [4.78, 5) is 0. The third-order valence-corrected chi connectivity index (χ3v) is 3.15. The highest BCUT2D eigenvalue weighted by Crippen LogP contribution is 2.19. The van der Waals surface area contributed by atoms with E-state index < -0.39 is 11.6 Å². The second kappa shape index (κ2) is 5.11. The molecule has 0 fully saturated rings. The summed E-state index contributed by atoms with van der Waals surface area (Å²) in [5.74, 6) is -0.998. The fraction of sp³-hybridized carbons (Fsp3) is 0.214. The summed E-state index contributed by atoms with van der Waals surface area (Å²) in [6.45, 7) is 2.21. The van der Waals surface area contributed by atoms with Gasteiger partial charge in [-0.1, -0.05) is 0 Å². The van der Waals surface area contributed by atoms with Gasteiger partial charge < -0.3 is 9.88 Å². The zero-order valence-electron chi connectivity index (χ0n) is 10.7. The van der Waals surface area contributed by atoms with Crippen LogP contribution in [0.25, 0.3) is 0 Å². The van der Waals surface area contributed by atoms with Gasteiger partial charge in [-0.05, 0) is 36.8 Å². The fourth-order valence-corrected chi connectivity index (χ4v) is 1.87. The van der Waals surface area contributed by atoms with E-state index in [1.165, 1.54) is 0 Å². The summed E-state index contributed by atoms with van der Waals surface area (Å²) in [5.41, 5.74) is 2.44. The minimum absolute atomic E-state index is 0.113. The molecule has 3 nitrogen and oxygen atoms in total. The van der Waals surface area contributed by atoms with Crippen LogP contribution in [0.5, 0.6) is 0 Å². The molecule has 0 bridgehead atoms. The van der Waals surface area contributed by atoms with Crippen LogP contribution in [0.2, 0.25) is 0 Å². The van der Waals surface area contributed by atoms with E-state index in [9.17, 15) is 8.78 Å². The van der Waals surface area contributed by atoms with Crippen molar-refractivity contribution >= 4 is 5.69 Å². The Morgan fingerprint density at radius 2 is 2.05 bits per heavy atom. The van der Waals surface area contributed by atoms with Crippen molar-refractivity contribution in [3.05, 3.63) is 52.9 Å². The molecule has 98 valence electrons.